The largest absolute Gasteiger partial charge is 0.342 e. The first kappa shape index (κ1) is 15.7. The molecule has 0 spiro atoms. The van der Waals surface area contributed by atoms with Gasteiger partial charge in [-0.2, -0.15) is 5.10 Å². The molecule has 7 heteroatoms. The molecule has 1 aromatic heterocycles. The minimum atomic E-state index is -0.390. The van der Waals surface area contributed by atoms with Gasteiger partial charge < -0.3 is 10.6 Å². The second-order valence-corrected chi connectivity index (χ2v) is 4.72. The van der Waals surface area contributed by atoms with Crippen LogP contribution in [0.2, 0.25) is 0 Å². The van der Waals surface area contributed by atoms with Crippen LogP contribution in [0.25, 0.3) is 0 Å². The molecular formula is C15H17FN4O2. The van der Waals surface area contributed by atoms with Crippen LogP contribution in [0, 0.1) is 12.7 Å². The summed E-state index contributed by atoms with van der Waals surface area (Å²) >= 11 is 0. The normalized spacial score (nSPS) is 10.3. The van der Waals surface area contributed by atoms with E-state index in [1.165, 1.54) is 24.3 Å². The molecule has 0 unspecified atom stereocenters. The number of aryl methyl sites for hydroxylation is 2. The van der Waals surface area contributed by atoms with E-state index in [4.69, 9.17) is 0 Å². The molecular weight excluding hydrogens is 287 g/mol. The van der Waals surface area contributed by atoms with Gasteiger partial charge in [0.1, 0.15) is 11.5 Å². The highest BCUT2D eigenvalue weighted by molar-refractivity contribution is 5.98. The predicted octanol–water partition coefficient (Wildman–Crippen LogP) is 1.72. The molecule has 6 nitrogen and oxygen atoms in total. The molecule has 1 aromatic carbocycles. The van der Waals surface area contributed by atoms with Crippen LogP contribution in [-0.4, -0.2) is 28.1 Å². The topological polar surface area (TPSA) is 76.0 Å². The Balaban J connectivity index is 1.90. The van der Waals surface area contributed by atoms with E-state index < -0.39 is 0 Å². The van der Waals surface area contributed by atoms with Gasteiger partial charge in [-0.3, -0.25) is 14.3 Å². The summed E-state index contributed by atoms with van der Waals surface area (Å²) in [5.74, 6) is -1.13. The van der Waals surface area contributed by atoms with Gasteiger partial charge in [0.2, 0.25) is 5.91 Å². The van der Waals surface area contributed by atoms with E-state index in [2.05, 4.69) is 15.7 Å². The van der Waals surface area contributed by atoms with Gasteiger partial charge in [0.15, 0.2) is 0 Å². The van der Waals surface area contributed by atoms with E-state index >= 15 is 0 Å². The van der Waals surface area contributed by atoms with Crippen LogP contribution in [0.5, 0.6) is 0 Å². The number of carbonyl (C=O) groups excluding carboxylic acids is 2. The van der Waals surface area contributed by atoms with Crippen molar-refractivity contribution in [3.8, 4) is 0 Å². The van der Waals surface area contributed by atoms with Gasteiger partial charge in [-0.05, 0) is 44.2 Å². The summed E-state index contributed by atoms with van der Waals surface area (Å²) < 4.78 is 14.3. The van der Waals surface area contributed by atoms with Crippen LogP contribution in [0.15, 0.2) is 30.3 Å². The van der Waals surface area contributed by atoms with Crippen molar-refractivity contribution < 1.29 is 14.0 Å². The first-order valence-corrected chi connectivity index (χ1v) is 6.87. The van der Waals surface area contributed by atoms with Crippen molar-refractivity contribution in [2.45, 2.75) is 20.4 Å². The van der Waals surface area contributed by atoms with Gasteiger partial charge in [0.25, 0.3) is 5.91 Å². The second-order valence-electron chi connectivity index (χ2n) is 4.72. The van der Waals surface area contributed by atoms with Crippen LogP contribution in [-0.2, 0) is 11.3 Å². The van der Waals surface area contributed by atoms with E-state index in [9.17, 15) is 14.0 Å². The lowest BCUT2D eigenvalue weighted by molar-refractivity contribution is -0.115. The van der Waals surface area contributed by atoms with Gasteiger partial charge in [-0.15, -0.1) is 0 Å². The van der Waals surface area contributed by atoms with Crippen molar-refractivity contribution >= 4 is 17.5 Å². The summed E-state index contributed by atoms with van der Waals surface area (Å²) in [6.45, 7) is 4.07. The monoisotopic (exact) mass is 304 g/mol. The van der Waals surface area contributed by atoms with Crippen LogP contribution in [0.4, 0.5) is 10.1 Å². The zero-order valence-electron chi connectivity index (χ0n) is 12.4. The molecule has 1 heterocycles. The number of halogens is 1. The third-order valence-electron chi connectivity index (χ3n) is 2.97. The van der Waals surface area contributed by atoms with Gasteiger partial charge in [-0.1, -0.05) is 0 Å². The molecule has 2 amide bonds. The van der Waals surface area contributed by atoms with Crippen LogP contribution < -0.4 is 10.6 Å². The summed E-state index contributed by atoms with van der Waals surface area (Å²) in [6, 6.07) is 7.05. The fourth-order valence-electron chi connectivity index (χ4n) is 1.96. The molecule has 0 bridgehead atoms. The summed E-state index contributed by atoms with van der Waals surface area (Å²) in [6.07, 6.45) is 0. The SMILES string of the molecule is CCn1nc(C)cc1C(=O)NCC(=O)Nc1ccc(F)cc1. The molecule has 2 N–H and O–H groups in total. The van der Waals surface area contributed by atoms with Crippen molar-refractivity contribution in [1.29, 1.82) is 0 Å². The molecule has 0 atom stereocenters. The minimum Gasteiger partial charge on any atom is -0.342 e. The van der Waals surface area contributed by atoms with E-state index in [0.29, 0.717) is 17.9 Å². The Bertz CT molecular complexity index is 679. The lowest BCUT2D eigenvalue weighted by Gasteiger charge is -2.07. The zero-order chi connectivity index (χ0) is 16.1. The van der Waals surface area contributed by atoms with Crippen molar-refractivity contribution in [3.05, 3.63) is 47.5 Å². The van der Waals surface area contributed by atoms with E-state index in [-0.39, 0.29) is 24.2 Å². The van der Waals surface area contributed by atoms with Gasteiger partial charge in [-0.25, -0.2) is 4.39 Å². The number of anilines is 1. The molecule has 0 aliphatic heterocycles. The third-order valence-corrected chi connectivity index (χ3v) is 2.97. The fraction of sp³-hybridized carbons (Fsp3) is 0.267. The summed E-state index contributed by atoms with van der Waals surface area (Å²) in [5, 5.41) is 9.27. The average Bonchev–Trinajstić information content (AvgIpc) is 2.88. The number of amides is 2. The Kier molecular flexibility index (Phi) is 4.88. The molecule has 0 aliphatic carbocycles. The highest BCUT2D eigenvalue weighted by atomic mass is 19.1. The van der Waals surface area contributed by atoms with E-state index in [1.54, 1.807) is 17.7 Å². The van der Waals surface area contributed by atoms with Crippen molar-refractivity contribution in [3.63, 3.8) is 0 Å². The smallest absolute Gasteiger partial charge is 0.269 e. The minimum absolute atomic E-state index is 0.176. The molecule has 22 heavy (non-hydrogen) atoms. The molecule has 0 saturated heterocycles. The zero-order valence-corrected chi connectivity index (χ0v) is 12.4. The van der Waals surface area contributed by atoms with Crippen LogP contribution >= 0.6 is 0 Å². The number of hydrogen-bond acceptors (Lipinski definition) is 3. The summed E-state index contributed by atoms with van der Waals surface area (Å²) in [5.41, 5.74) is 1.62. The Hall–Kier alpha value is -2.70. The Morgan fingerprint density at radius 1 is 1.27 bits per heavy atom. The van der Waals surface area contributed by atoms with Crippen molar-refractivity contribution in [1.82, 2.24) is 15.1 Å². The standard InChI is InChI=1S/C15H17FN4O2/c1-3-20-13(8-10(2)19-20)15(22)17-9-14(21)18-12-6-4-11(16)5-7-12/h4-8H,3,9H2,1-2H3,(H,17,22)(H,18,21). The van der Waals surface area contributed by atoms with Gasteiger partial charge in [0.05, 0.1) is 12.2 Å². The predicted molar refractivity (Wildman–Crippen MR) is 80.0 cm³/mol. The number of hydrogen-bond donors (Lipinski definition) is 2. The highest BCUT2D eigenvalue weighted by Gasteiger charge is 2.14. The van der Waals surface area contributed by atoms with Crippen LogP contribution in [0.3, 0.4) is 0 Å². The molecule has 2 aromatic rings. The average molecular weight is 304 g/mol. The fourth-order valence-corrected chi connectivity index (χ4v) is 1.96. The number of nitrogens with zero attached hydrogens (tertiary/aromatic N) is 2. The maximum atomic E-state index is 12.8. The lowest BCUT2D eigenvalue weighted by Crippen LogP contribution is -2.34. The second kappa shape index (κ2) is 6.84. The van der Waals surface area contributed by atoms with Gasteiger partial charge >= 0.3 is 0 Å². The lowest BCUT2D eigenvalue weighted by atomic mass is 10.3. The molecule has 2 rings (SSSR count). The molecule has 0 radical (unpaired) electrons. The Morgan fingerprint density at radius 3 is 2.59 bits per heavy atom. The first-order valence-electron chi connectivity index (χ1n) is 6.87. The maximum absolute atomic E-state index is 12.8. The number of aromatic nitrogens is 2. The van der Waals surface area contributed by atoms with Crippen molar-refractivity contribution in [2.24, 2.45) is 0 Å². The number of rotatable bonds is 5. The Labute approximate surface area is 127 Å². The molecule has 0 fully saturated rings. The quantitative estimate of drug-likeness (QED) is 0.883. The molecule has 0 saturated carbocycles. The van der Waals surface area contributed by atoms with Crippen LogP contribution in [0.1, 0.15) is 23.1 Å². The number of nitrogens with one attached hydrogen (secondary N) is 2. The number of carbonyl (C=O) groups is 2. The van der Waals surface area contributed by atoms with E-state index in [1.807, 2.05) is 6.92 Å². The third kappa shape index (κ3) is 3.91. The van der Waals surface area contributed by atoms with Crippen molar-refractivity contribution in [2.75, 3.05) is 11.9 Å². The summed E-state index contributed by atoms with van der Waals surface area (Å²) in [7, 11) is 0. The highest BCUT2D eigenvalue weighted by Crippen LogP contribution is 2.08. The molecule has 0 aliphatic rings. The van der Waals surface area contributed by atoms with E-state index in [0.717, 1.165) is 5.69 Å². The first-order chi connectivity index (χ1) is 10.5. The molecule has 116 valence electrons. The Morgan fingerprint density at radius 2 is 1.95 bits per heavy atom. The maximum Gasteiger partial charge on any atom is 0.269 e. The number of benzene rings is 1. The summed E-state index contributed by atoms with van der Waals surface area (Å²) in [4.78, 5) is 23.8. The van der Waals surface area contributed by atoms with Gasteiger partial charge in [0, 0.05) is 12.2 Å².